The molecule has 0 aliphatic rings. The molecule has 0 unspecified atom stereocenters. The average molecular weight is 229 g/mol. The summed E-state index contributed by atoms with van der Waals surface area (Å²) in [7, 11) is 0. The number of anilines is 1. The van der Waals surface area contributed by atoms with Gasteiger partial charge in [0.05, 0.1) is 0 Å². The SMILES string of the molecule is Cc1cccc(Sc2c(C)cccc2N)c1. The zero-order valence-corrected chi connectivity index (χ0v) is 10.3. The van der Waals surface area contributed by atoms with Gasteiger partial charge in [-0.3, -0.25) is 0 Å². The fourth-order valence-electron chi connectivity index (χ4n) is 1.61. The molecule has 1 nitrogen and oxygen atoms in total. The molecule has 0 atom stereocenters. The molecule has 0 saturated carbocycles. The molecule has 0 aromatic heterocycles. The number of hydrogen-bond acceptors (Lipinski definition) is 2. The van der Waals surface area contributed by atoms with E-state index in [0.717, 1.165) is 10.6 Å². The van der Waals surface area contributed by atoms with E-state index in [1.807, 2.05) is 12.1 Å². The van der Waals surface area contributed by atoms with Crippen molar-refractivity contribution in [3.8, 4) is 0 Å². The molecule has 0 saturated heterocycles. The Balaban J connectivity index is 2.34. The first-order chi connectivity index (χ1) is 7.66. The molecule has 2 rings (SSSR count). The third-order valence-electron chi connectivity index (χ3n) is 2.45. The highest BCUT2D eigenvalue weighted by Crippen LogP contribution is 2.34. The van der Waals surface area contributed by atoms with Crippen molar-refractivity contribution in [3.63, 3.8) is 0 Å². The summed E-state index contributed by atoms with van der Waals surface area (Å²) in [6.45, 7) is 4.19. The van der Waals surface area contributed by atoms with Crippen molar-refractivity contribution in [2.45, 2.75) is 23.6 Å². The molecule has 82 valence electrons. The Hall–Kier alpha value is -1.41. The van der Waals surface area contributed by atoms with Gasteiger partial charge in [-0.15, -0.1) is 0 Å². The van der Waals surface area contributed by atoms with Crippen LogP contribution in [0.25, 0.3) is 0 Å². The highest BCUT2D eigenvalue weighted by Gasteiger charge is 2.04. The van der Waals surface area contributed by atoms with Crippen LogP contribution in [-0.2, 0) is 0 Å². The molecule has 0 radical (unpaired) electrons. The van der Waals surface area contributed by atoms with E-state index < -0.39 is 0 Å². The highest BCUT2D eigenvalue weighted by molar-refractivity contribution is 7.99. The minimum absolute atomic E-state index is 0.853. The Morgan fingerprint density at radius 2 is 1.75 bits per heavy atom. The number of nitrogen functional groups attached to an aromatic ring is 1. The van der Waals surface area contributed by atoms with Crippen molar-refractivity contribution in [1.29, 1.82) is 0 Å². The van der Waals surface area contributed by atoms with E-state index in [1.54, 1.807) is 11.8 Å². The van der Waals surface area contributed by atoms with Crippen molar-refractivity contribution in [2.75, 3.05) is 5.73 Å². The Bertz CT molecular complexity index is 486. The third kappa shape index (κ3) is 2.39. The number of hydrogen-bond donors (Lipinski definition) is 1. The topological polar surface area (TPSA) is 26.0 Å². The van der Waals surface area contributed by atoms with Crippen LogP contribution in [0.2, 0.25) is 0 Å². The minimum Gasteiger partial charge on any atom is -0.398 e. The van der Waals surface area contributed by atoms with Gasteiger partial charge in [0.2, 0.25) is 0 Å². The van der Waals surface area contributed by atoms with Crippen molar-refractivity contribution < 1.29 is 0 Å². The summed E-state index contributed by atoms with van der Waals surface area (Å²) in [6.07, 6.45) is 0. The zero-order valence-electron chi connectivity index (χ0n) is 9.53. The fraction of sp³-hybridized carbons (Fsp3) is 0.143. The first-order valence-electron chi connectivity index (χ1n) is 5.26. The molecule has 0 fully saturated rings. The van der Waals surface area contributed by atoms with Gasteiger partial charge in [-0.2, -0.15) is 0 Å². The summed E-state index contributed by atoms with van der Waals surface area (Å²) in [6, 6.07) is 14.5. The summed E-state index contributed by atoms with van der Waals surface area (Å²) in [5, 5.41) is 0. The largest absolute Gasteiger partial charge is 0.398 e. The summed E-state index contributed by atoms with van der Waals surface area (Å²) in [5.41, 5.74) is 9.34. The van der Waals surface area contributed by atoms with Crippen LogP contribution in [0.5, 0.6) is 0 Å². The quantitative estimate of drug-likeness (QED) is 0.787. The molecule has 0 amide bonds. The monoisotopic (exact) mass is 229 g/mol. The Morgan fingerprint density at radius 3 is 2.44 bits per heavy atom. The van der Waals surface area contributed by atoms with Crippen LogP contribution in [0.4, 0.5) is 5.69 Å². The molecule has 16 heavy (non-hydrogen) atoms. The molecule has 2 N–H and O–H groups in total. The normalized spacial score (nSPS) is 10.4. The van der Waals surface area contributed by atoms with Crippen molar-refractivity contribution in [1.82, 2.24) is 0 Å². The molecule has 0 heterocycles. The van der Waals surface area contributed by atoms with Crippen LogP contribution in [0.3, 0.4) is 0 Å². The van der Waals surface area contributed by atoms with Gasteiger partial charge in [0.25, 0.3) is 0 Å². The van der Waals surface area contributed by atoms with Crippen LogP contribution in [0.15, 0.2) is 52.3 Å². The van der Waals surface area contributed by atoms with Gasteiger partial charge in [0, 0.05) is 15.5 Å². The molecule has 0 spiro atoms. The lowest BCUT2D eigenvalue weighted by atomic mass is 10.2. The molecule has 2 aromatic rings. The van der Waals surface area contributed by atoms with E-state index in [9.17, 15) is 0 Å². The number of nitrogens with two attached hydrogens (primary N) is 1. The number of aryl methyl sites for hydroxylation is 2. The van der Waals surface area contributed by atoms with E-state index in [1.165, 1.54) is 16.0 Å². The predicted molar refractivity (Wildman–Crippen MR) is 70.9 cm³/mol. The average Bonchev–Trinajstić information content (AvgIpc) is 2.24. The third-order valence-corrected chi connectivity index (χ3v) is 3.70. The molecule has 0 aliphatic carbocycles. The van der Waals surface area contributed by atoms with Gasteiger partial charge in [-0.25, -0.2) is 0 Å². The zero-order chi connectivity index (χ0) is 11.5. The Morgan fingerprint density at radius 1 is 1.00 bits per heavy atom. The Labute approximate surface area is 101 Å². The highest BCUT2D eigenvalue weighted by atomic mass is 32.2. The predicted octanol–water partition coefficient (Wildman–Crippen LogP) is 4.04. The second kappa shape index (κ2) is 4.62. The molecule has 0 bridgehead atoms. The minimum atomic E-state index is 0.853. The number of rotatable bonds is 2. The molecule has 0 aliphatic heterocycles. The van der Waals surface area contributed by atoms with E-state index >= 15 is 0 Å². The van der Waals surface area contributed by atoms with Crippen LogP contribution in [-0.4, -0.2) is 0 Å². The van der Waals surface area contributed by atoms with Gasteiger partial charge >= 0.3 is 0 Å². The van der Waals surface area contributed by atoms with E-state index in [4.69, 9.17) is 5.73 Å². The second-order valence-electron chi connectivity index (χ2n) is 3.91. The van der Waals surface area contributed by atoms with Crippen LogP contribution >= 0.6 is 11.8 Å². The maximum atomic E-state index is 5.99. The molecular formula is C14H15NS. The van der Waals surface area contributed by atoms with Crippen molar-refractivity contribution >= 4 is 17.4 Å². The lowest BCUT2D eigenvalue weighted by Crippen LogP contribution is -1.90. The smallest absolute Gasteiger partial charge is 0.0458 e. The fourth-order valence-corrected chi connectivity index (χ4v) is 2.65. The van der Waals surface area contributed by atoms with Crippen molar-refractivity contribution in [2.24, 2.45) is 0 Å². The summed E-state index contributed by atoms with van der Waals surface area (Å²) >= 11 is 1.73. The van der Waals surface area contributed by atoms with Crippen LogP contribution < -0.4 is 5.73 Å². The van der Waals surface area contributed by atoms with Gasteiger partial charge in [0.15, 0.2) is 0 Å². The molecule has 2 heteroatoms. The van der Waals surface area contributed by atoms with Crippen LogP contribution in [0.1, 0.15) is 11.1 Å². The van der Waals surface area contributed by atoms with Crippen LogP contribution in [0, 0.1) is 13.8 Å². The van der Waals surface area contributed by atoms with E-state index in [-0.39, 0.29) is 0 Å². The van der Waals surface area contributed by atoms with Crippen molar-refractivity contribution in [3.05, 3.63) is 53.6 Å². The van der Waals surface area contributed by atoms with Gasteiger partial charge in [-0.1, -0.05) is 41.6 Å². The first kappa shape index (κ1) is 11.1. The van der Waals surface area contributed by atoms with E-state index in [2.05, 4.69) is 44.2 Å². The number of benzene rings is 2. The maximum Gasteiger partial charge on any atom is 0.0458 e. The second-order valence-corrected chi connectivity index (χ2v) is 5.00. The maximum absolute atomic E-state index is 5.99. The van der Waals surface area contributed by atoms with E-state index in [0.29, 0.717) is 0 Å². The standard InChI is InChI=1S/C14H15NS/c1-10-5-3-7-12(9-10)16-14-11(2)6-4-8-13(14)15/h3-9H,15H2,1-2H3. The molecular weight excluding hydrogens is 214 g/mol. The first-order valence-corrected chi connectivity index (χ1v) is 6.08. The summed E-state index contributed by atoms with van der Waals surface area (Å²) < 4.78 is 0. The summed E-state index contributed by atoms with van der Waals surface area (Å²) in [5.74, 6) is 0. The molecule has 2 aromatic carbocycles. The van der Waals surface area contributed by atoms with Gasteiger partial charge in [0.1, 0.15) is 0 Å². The van der Waals surface area contributed by atoms with Gasteiger partial charge in [-0.05, 0) is 37.6 Å². The summed E-state index contributed by atoms with van der Waals surface area (Å²) in [4.78, 5) is 2.40. The van der Waals surface area contributed by atoms with Gasteiger partial charge < -0.3 is 5.73 Å². The Kier molecular flexibility index (Phi) is 3.20. The lowest BCUT2D eigenvalue weighted by Gasteiger charge is -2.09. The lowest BCUT2D eigenvalue weighted by molar-refractivity contribution is 1.29.